The maximum absolute atomic E-state index is 13.5. The summed E-state index contributed by atoms with van der Waals surface area (Å²) in [6.07, 6.45) is 1.91. The van der Waals surface area contributed by atoms with Gasteiger partial charge in [-0.2, -0.15) is 0 Å². The molecule has 1 saturated heterocycles. The van der Waals surface area contributed by atoms with Crippen LogP contribution in [-0.4, -0.2) is 86.2 Å². The number of anilines is 1. The molecule has 4 aromatic rings. The molecule has 8 nitrogen and oxygen atoms in total. The number of halogens is 2. The van der Waals surface area contributed by atoms with E-state index in [2.05, 4.69) is 20.9 Å². The first-order valence-corrected chi connectivity index (χ1v) is 15.0. The third-order valence-corrected chi connectivity index (χ3v) is 8.69. The summed E-state index contributed by atoms with van der Waals surface area (Å²) in [7, 11) is 4.97. The predicted octanol–water partition coefficient (Wildman–Crippen LogP) is 6.35. The Labute approximate surface area is 257 Å². The number of nitrogens with zero attached hydrogens (tertiary/aromatic N) is 4. The molecule has 0 aliphatic carbocycles. The molecule has 1 aromatic heterocycles. The Morgan fingerprint density at radius 1 is 1.00 bits per heavy atom. The van der Waals surface area contributed by atoms with Crippen molar-refractivity contribution in [2.45, 2.75) is 18.8 Å². The van der Waals surface area contributed by atoms with Crippen LogP contribution in [-0.2, 0) is 0 Å². The van der Waals surface area contributed by atoms with Gasteiger partial charge in [0.2, 0.25) is 5.95 Å². The smallest absolute Gasteiger partial charge is 0.257 e. The summed E-state index contributed by atoms with van der Waals surface area (Å²) in [6, 6.07) is 19.1. The largest absolute Gasteiger partial charge is 0.497 e. The van der Waals surface area contributed by atoms with Crippen LogP contribution in [0.3, 0.4) is 0 Å². The van der Waals surface area contributed by atoms with Crippen molar-refractivity contribution < 1.29 is 14.3 Å². The molecular formula is C32H37Cl2N5O3. The van der Waals surface area contributed by atoms with Crippen molar-refractivity contribution in [3.8, 4) is 11.5 Å². The number of hydrogen-bond donors (Lipinski definition) is 1. The van der Waals surface area contributed by atoms with Crippen LogP contribution in [0.25, 0.3) is 11.0 Å². The second-order valence-corrected chi connectivity index (χ2v) is 11.5. The number of fused-ring (bicyclic) bond motifs is 1. The minimum atomic E-state index is -0.115. The lowest BCUT2D eigenvalue weighted by Crippen LogP contribution is -2.35. The monoisotopic (exact) mass is 609 g/mol. The molecule has 3 aromatic carbocycles. The first-order chi connectivity index (χ1) is 20.4. The average molecular weight is 611 g/mol. The SMILES string of the molecule is COc1ccc(C(=O)N(C)CC(CCN2CCCN(c3nc4ccccc4[nH]3)CC2)c2ccc(Cl)c(Cl)c2)c(OC)c1. The van der Waals surface area contributed by atoms with E-state index in [0.29, 0.717) is 33.7 Å². The maximum Gasteiger partial charge on any atom is 0.257 e. The molecule has 1 amide bonds. The van der Waals surface area contributed by atoms with E-state index in [1.54, 1.807) is 37.3 Å². The van der Waals surface area contributed by atoms with Crippen LogP contribution in [0.4, 0.5) is 5.95 Å². The molecule has 1 N–H and O–H groups in total. The fraction of sp³-hybridized carbons (Fsp3) is 0.375. The highest BCUT2D eigenvalue weighted by atomic mass is 35.5. The summed E-state index contributed by atoms with van der Waals surface area (Å²) in [5.41, 5.74) is 3.60. The quantitative estimate of drug-likeness (QED) is 0.226. The van der Waals surface area contributed by atoms with Crippen LogP contribution in [0.2, 0.25) is 10.0 Å². The summed E-state index contributed by atoms with van der Waals surface area (Å²) in [4.78, 5) is 28.4. The lowest BCUT2D eigenvalue weighted by Gasteiger charge is -2.28. The Kier molecular flexibility index (Phi) is 9.77. The molecule has 1 atom stereocenters. The number of aromatic nitrogens is 2. The van der Waals surface area contributed by atoms with Gasteiger partial charge in [0.15, 0.2) is 0 Å². The Hall–Kier alpha value is -3.46. The van der Waals surface area contributed by atoms with Crippen LogP contribution in [0.5, 0.6) is 11.5 Å². The van der Waals surface area contributed by atoms with Crippen molar-refractivity contribution >= 4 is 46.1 Å². The van der Waals surface area contributed by atoms with E-state index in [0.717, 1.165) is 68.1 Å². The number of hydrogen-bond acceptors (Lipinski definition) is 6. The molecule has 0 bridgehead atoms. The van der Waals surface area contributed by atoms with E-state index in [1.165, 1.54) is 0 Å². The number of rotatable bonds is 10. The molecule has 1 unspecified atom stereocenters. The summed E-state index contributed by atoms with van der Waals surface area (Å²) >= 11 is 12.7. The van der Waals surface area contributed by atoms with E-state index < -0.39 is 0 Å². The third kappa shape index (κ3) is 6.94. The molecule has 1 aliphatic heterocycles. The second-order valence-electron chi connectivity index (χ2n) is 10.7. The Morgan fingerprint density at radius 3 is 2.60 bits per heavy atom. The van der Waals surface area contributed by atoms with Crippen molar-refractivity contribution in [3.63, 3.8) is 0 Å². The molecule has 0 saturated carbocycles. The van der Waals surface area contributed by atoms with E-state index >= 15 is 0 Å². The van der Waals surface area contributed by atoms with Crippen LogP contribution in [0.15, 0.2) is 60.7 Å². The Bertz CT molecular complexity index is 1490. The molecule has 42 heavy (non-hydrogen) atoms. The average Bonchev–Trinajstić information content (AvgIpc) is 3.30. The van der Waals surface area contributed by atoms with E-state index in [4.69, 9.17) is 37.7 Å². The lowest BCUT2D eigenvalue weighted by molar-refractivity contribution is 0.0779. The fourth-order valence-electron chi connectivity index (χ4n) is 5.56. The van der Waals surface area contributed by atoms with Crippen molar-refractivity contribution in [2.24, 2.45) is 0 Å². The molecular weight excluding hydrogens is 573 g/mol. The minimum absolute atomic E-state index is 0.0627. The standard InChI is InChI=1S/C32H37Cl2N5O3/c1-37(31(40)25-11-10-24(41-2)20-30(25)42-3)21-23(22-9-12-26(33)27(34)19-22)13-16-38-14-6-15-39(18-17-38)32-35-28-7-4-5-8-29(28)36-32/h4-5,7-12,19-20,23H,6,13-18,21H2,1-3H3,(H,35,36). The van der Waals surface area contributed by atoms with Crippen molar-refractivity contribution in [1.82, 2.24) is 19.8 Å². The molecule has 5 rings (SSSR count). The fourth-order valence-corrected chi connectivity index (χ4v) is 5.86. The van der Waals surface area contributed by atoms with Gasteiger partial charge >= 0.3 is 0 Å². The zero-order chi connectivity index (χ0) is 29.6. The van der Waals surface area contributed by atoms with E-state index in [9.17, 15) is 4.79 Å². The number of nitrogens with one attached hydrogen (secondary N) is 1. The van der Waals surface area contributed by atoms with Crippen molar-refractivity contribution in [2.75, 3.05) is 65.4 Å². The number of ether oxygens (including phenoxy) is 2. The van der Waals surface area contributed by atoms with Crippen molar-refractivity contribution in [3.05, 3.63) is 81.8 Å². The summed E-state index contributed by atoms with van der Waals surface area (Å²) in [5, 5.41) is 1.03. The molecule has 1 aliphatic rings. The number of carbonyl (C=O) groups excluding carboxylic acids is 1. The molecule has 10 heteroatoms. The number of imidazole rings is 1. The van der Waals surface area contributed by atoms with Crippen LogP contribution in [0.1, 0.15) is 34.7 Å². The van der Waals surface area contributed by atoms with Gasteiger partial charge in [-0.25, -0.2) is 4.98 Å². The van der Waals surface area contributed by atoms with Crippen LogP contribution >= 0.6 is 23.2 Å². The number of benzene rings is 3. The number of aromatic amines is 1. The van der Waals surface area contributed by atoms with E-state index in [-0.39, 0.29) is 11.8 Å². The zero-order valence-corrected chi connectivity index (χ0v) is 25.8. The number of likely N-dealkylation sites (N-methyl/N-ethyl adjacent to an activating group) is 1. The first-order valence-electron chi connectivity index (χ1n) is 14.2. The highest BCUT2D eigenvalue weighted by Crippen LogP contribution is 2.31. The van der Waals surface area contributed by atoms with Crippen LogP contribution in [0, 0.1) is 0 Å². The van der Waals surface area contributed by atoms with Gasteiger partial charge in [-0.1, -0.05) is 41.4 Å². The van der Waals surface area contributed by atoms with Gasteiger partial charge in [-0.3, -0.25) is 4.79 Å². The normalized spacial score (nSPS) is 14.9. The van der Waals surface area contributed by atoms with Gasteiger partial charge in [0.05, 0.1) is 40.9 Å². The zero-order valence-electron chi connectivity index (χ0n) is 24.3. The van der Waals surface area contributed by atoms with E-state index in [1.807, 2.05) is 43.4 Å². The van der Waals surface area contributed by atoms with Gasteiger partial charge in [0.1, 0.15) is 11.5 Å². The molecule has 1 fully saturated rings. The van der Waals surface area contributed by atoms with Gasteiger partial charge in [0.25, 0.3) is 5.91 Å². The minimum Gasteiger partial charge on any atom is -0.497 e. The number of amides is 1. The summed E-state index contributed by atoms with van der Waals surface area (Å²) in [5.74, 6) is 2.00. The summed E-state index contributed by atoms with van der Waals surface area (Å²) < 4.78 is 10.8. The molecule has 0 radical (unpaired) electrons. The second kappa shape index (κ2) is 13.7. The number of H-pyrrole nitrogens is 1. The number of methoxy groups -OCH3 is 2. The Morgan fingerprint density at radius 2 is 1.83 bits per heavy atom. The number of carbonyl (C=O) groups is 1. The van der Waals surface area contributed by atoms with Crippen LogP contribution < -0.4 is 14.4 Å². The number of para-hydroxylation sites is 2. The molecule has 0 spiro atoms. The first kappa shape index (κ1) is 30.0. The molecule has 2 heterocycles. The van der Waals surface area contributed by atoms with Gasteiger partial charge in [-0.15, -0.1) is 0 Å². The highest BCUT2D eigenvalue weighted by molar-refractivity contribution is 6.42. The highest BCUT2D eigenvalue weighted by Gasteiger charge is 2.24. The topological polar surface area (TPSA) is 73.9 Å². The summed E-state index contributed by atoms with van der Waals surface area (Å²) in [6.45, 7) is 5.20. The van der Waals surface area contributed by atoms with Gasteiger partial charge in [0, 0.05) is 45.2 Å². The lowest BCUT2D eigenvalue weighted by atomic mass is 9.94. The predicted molar refractivity (Wildman–Crippen MR) is 170 cm³/mol. The Balaban J connectivity index is 1.27. The third-order valence-electron chi connectivity index (χ3n) is 7.95. The van der Waals surface area contributed by atoms with Crippen molar-refractivity contribution in [1.29, 1.82) is 0 Å². The van der Waals surface area contributed by atoms with Gasteiger partial charge < -0.3 is 29.2 Å². The molecule has 222 valence electrons. The maximum atomic E-state index is 13.5. The van der Waals surface area contributed by atoms with Gasteiger partial charge in [-0.05, 0) is 67.9 Å².